The van der Waals surface area contributed by atoms with Gasteiger partial charge >= 0.3 is 0 Å². The average molecular weight is 328 g/mol. The van der Waals surface area contributed by atoms with E-state index in [2.05, 4.69) is 9.97 Å². The van der Waals surface area contributed by atoms with Gasteiger partial charge in [0.25, 0.3) is 10.0 Å². The predicted octanol–water partition coefficient (Wildman–Crippen LogP) is 1.07. The van der Waals surface area contributed by atoms with Crippen molar-refractivity contribution in [2.75, 3.05) is 26.2 Å². The van der Waals surface area contributed by atoms with Crippen LogP contribution in [0, 0.1) is 5.41 Å². The van der Waals surface area contributed by atoms with Crippen LogP contribution >= 0.6 is 0 Å². The van der Waals surface area contributed by atoms with Crippen LogP contribution in [0.1, 0.15) is 33.6 Å². The number of amides is 1. The Morgan fingerprint density at radius 1 is 1.27 bits per heavy atom. The van der Waals surface area contributed by atoms with Gasteiger partial charge < -0.3 is 9.88 Å². The molecule has 0 spiro atoms. The molecule has 1 amide bonds. The molecule has 0 aromatic carbocycles. The zero-order valence-electron chi connectivity index (χ0n) is 13.4. The lowest BCUT2D eigenvalue weighted by Gasteiger charge is -2.25. The molecule has 22 heavy (non-hydrogen) atoms. The van der Waals surface area contributed by atoms with E-state index in [-0.39, 0.29) is 16.3 Å². The standard InChI is InChI=1S/C14H24N4O3S/c1-14(2,3)9-13(19)17-5-4-6-18(8-7-17)22(20,21)12-10-15-11-16-12/h10-11H,4-9H2,1-3H3,(H,15,16). The van der Waals surface area contributed by atoms with E-state index < -0.39 is 10.0 Å². The van der Waals surface area contributed by atoms with Gasteiger partial charge in [0.15, 0.2) is 5.03 Å². The van der Waals surface area contributed by atoms with Gasteiger partial charge in [-0.25, -0.2) is 13.4 Å². The number of aromatic nitrogens is 2. The lowest BCUT2D eigenvalue weighted by molar-refractivity contribution is -0.132. The second-order valence-corrected chi connectivity index (χ2v) is 8.70. The van der Waals surface area contributed by atoms with Crippen LogP contribution in [0.2, 0.25) is 0 Å². The van der Waals surface area contributed by atoms with E-state index in [1.54, 1.807) is 4.90 Å². The summed E-state index contributed by atoms with van der Waals surface area (Å²) in [6.07, 6.45) is 3.77. The summed E-state index contributed by atoms with van der Waals surface area (Å²) in [5.41, 5.74) is -0.0644. The summed E-state index contributed by atoms with van der Waals surface area (Å²) in [6, 6.07) is 0. The largest absolute Gasteiger partial charge is 0.341 e. The molecule has 0 atom stereocenters. The lowest BCUT2D eigenvalue weighted by Crippen LogP contribution is -2.38. The zero-order chi connectivity index (χ0) is 16.4. The molecule has 1 saturated heterocycles. The van der Waals surface area contributed by atoms with E-state index in [1.165, 1.54) is 16.8 Å². The first-order chi connectivity index (χ1) is 10.2. The minimum atomic E-state index is -3.55. The van der Waals surface area contributed by atoms with Crippen molar-refractivity contribution < 1.29 is 13.2 Å². The Hall–Kier alpha value is -1.41. The predicted molar refractivity (Wildman–Crippen MR) is 82.6 cm³/mol. The first kappa shape index (κ1) is 17.0. The Bertz CT molecular complexity index is 605. The van der Waals surface area contributed by atoms with Crippen LogP contribution in [-0.2, 0) is 14.8 Å². The van der Waals surface area contributed by atoms with Crippen LogP contribution in [0.15, 0.2) is 17.6 Å². The van der Waals surface area contributed by atoms with E-state index in [0.29, 0.717) is 39.0 Å². The average Bonchev–Trinajstić information content (AvgIpc) is 2.81. The summed E-state index contributed by atoms with van der Waals surface area (Å²) in [6.45, 7) is 7.84. The Labute approximate surface area is 131 Å². The van der Waals surface area contributed by atoms with Crippen molar-refractivity contribution in [1.29, 1.82) is 0 Å². The number of hydrogen-bond acceptors (Lipinski definition) is 4. The van der Waals surface area contributed by atoms with E-state index in [9.17, 15) is 13.2 Å². The highest BCUT2D eigenvalue weighted by atomic mass is 32.2. The van der Waals surface area contributed by atoms with Gasteiger partial charge in [0.05, 0.1) is 12.5 Å². The molecular formula is C14H24N4O3S. The molecule has 2 rings (SSSR count). The van der Waals surface area contributed by atoms with Crippen LogP contribution in [-0.4, -0.2) is 59.7 Å². The molecule has 0 bridgehead atoms. The number of nitrogens with one attached hydrogen (secondary N) is 1. The Morgan fingerprint density at radius 3 is 2.59 bits per heavy atom. The molecule has 8 heteroatoms. The topological polar surface area (TPSA) is 86.4 Å². The maximum Gasteiger partial charge on any atom is 0.260 e. The fourth-order valence-corrected chi connectivity index (χ4v) is 3.84. The first-order valence-electron chi connectivity index (χ1n) is 7.46. The van der Waals surface area contributed by atoms with Crippen LogP contribution in [0.3, 0.4) is 0 Å². The Balaban J connectivity index is 2.03. The van der Waals surface area contributed by atoms with Crippen molar-refractivity contribution in [1.82, 2.24) is 19.2 Å². The highest BCUT2D eigenvalue weighted by Gasteiger charge is 2.30. The van der Waals surface area contributed by atoms with Gasteiger partial charge in [0.2, 0.25) is 5.91 Å². The molecule has 0 unspecified atom stereocenters. The highest BCUT2D eigenvalue weighted by Crippen LogP contribution is 2.21. The summed E-state index contributed by atoms with van der Waals surface area (Å²) >= 11 is 0. The lowest BCUT2D eigenvalue weighted by atomic mass is 9.91. The quantitative estimate of drug-likeness (QED) is 0.899. The monoisotopic (exact) mass is 328 g/mol. The number of carbonyl (C=O) groups excluding carboxylic acids is 1. The smallest absolute Gasteiger partial charge is 0.260 e. The summed E-state index contributed by atoms with van der Waals surface area (Å²) in [4.78, 5) is 20.5. The molecular weight excluding hydrogens is 304 g/mol. The molecule has 1 fully saturated rings. The van der Waals surface area contributed by atoms with Crippen molar-refractivity contribution in [3.63, 3.8) is 0 Å². The normalized spacial score (nSPS) is 18.2. The molecule has 1 aliphatic rings. The third-order valence-corrected chi connectivity index (χ3v) is 5.40. The van der Waals surface area contributed by atoms with E-state index >= 15 is 0 Å². The number of sulfonamides is 1. The van der Waals surface area contributed by atoms with Gasteiger partial charge in [-0.15, -0.1) is 0 Å². The van der Waals surface area contributed by atoms with Gasteiger partial charge in [0, 0.05) is 32.6 Å². The minimum Gasteiger partial charge on any atom is -0.341 e. The number of hydrogen-bond donors (Lipinski definition) is 1. The van der Waals surface area contributed by atoms with E-state index in [4.69, 9.17) is 0 Å². The maximum absolute atomic E-state index is 12.5. The number of nitrogens with zero attached hydrogens (tertiary/aromatic N) is 3. The molecule has 0 aliphatic carbocycles. The second kappa shape index (κ2) is 6.37. The number of H-pyrrole nitrogens is 1. The molecule has 7 nitrogen and oxygen atoms in total. The molecule has 1 aliphatic heterocycles. The fraction of sp³-hybridized carbons (Fsp3) is 0.714. The molecule has 1 aromatic rings. The fourth-order valence-electron chi connectivity index (χ4n) is 2.47. The highest BCUT2D eigenvalue weighted by molar-refractivity contribution is 7.89. The number of imidazole rings is 1. The Morgan fingerprint density at radius 2 is 2.00 bits per heavy atom. The molecule has 0 radical (unpaired) electrons. The Kier molecular flexibility index (Phi) is 4.91. The summed E-state index contributed by atoms with van der Waals surface area (Å²) < 4.78 is 26.3. The van der Waals surface area contributed by atoms with Crippen LogP contribution in [0.5, 0.6) is 0 Å². The number of rotatable bonds is 3. The maximum atomic E-state index is 12.5. The van der Waals surface area contributed by atoms with E-state index in [0.717, 1.165) is 0 Å². The molecule has 124 valence electrons. The number of carbonyl (C=O) groups is 1. The first-order valence-corrected chi connectivity index (χ1v) is 8.90. The zero-order valence-corrected chi connectivity index (χ0v) is 14.2. The summed E-state index contributed by atoms with van der Waals surface area (Å²) in [5.74, 6) is 0.0910. The van der Waals surface area contributed by atoms with Crippen LogP contribution < -0.4 is 0 Å². The van der Waals surface area contributed by atoms with Gasteiger partial charge in [-0.3, -0.25) is 4.79 Å². The molecule has 2 heterocycles. The SMILES string of the molecule is CC(C)(C)CC(=O)N1CCCN(S(=O)(=O)c2cnc[nH]2)CC1. The molecule has 1 aromatic heterocycles. The van der Waals surface area contributed by atoms with E-state index in [1.807, 2.05) is 20.8 Å². The minimum absolute atomic E-state index is 0.0644. The third kappa shape index (κ3) is 4.07. The summed E-state index contributed by atoms with van der Waals surface area (Å²) in [5, 5.41) is 0.0990. The van der Waals surface area contributed by atoms with Crippen molar-refractivity contribution in [3.8, 4) is 0 Å². The number of aromatic amines is 1. The van der Waals surface area contributed by atoms with Crippen LogP contribution in [0.25, 0.3) is 0 Å². The summed E-state index contributed by atoms with van der Waals surface area (Å²) in [7, 11) is -3.55. The van der Waals surface area contributed by atoms with Crippen LogP contribution in [0.4, 0.5) is 0 Å². The van der Waals surface area contributed by atoms with Crippen molar-refractivity contribution in [2.45, 2.75) is 38.6 Å². The van der Waals surface area contributed by atoms with Gasteiger partial charge in [-0.1, -0.05) is 20.8 Å². The molecule has 1 N–H and O–H groups in total. The van der Waals surface area contributed by atoms with Crippen molar-refractivity contribution in [3.05, 3.63) is 12.5 Å². The van der Waals surface area contributed by atoms with Gasteiger partial charge in [0.1, 0.15) is 0 Å². The second-order valence-electron chi connectivity index (χ2n) is 6.79. The van der Waals surface area contributed by atoms with Gasteiger partial charge in [-0.2, -0.15) is 4.31 Å². The van der Waals surface area contributed by atoms with Gasteiger partial charge in [-0.05, 0) is 11.8 Å². The molecule has 0 saturated carbocycles. The van der Waals surface area contributed by atoms with Crippen molar-refractivity contribution in [2.24, 2.45) is 5.41 Å². The van der Waals surface area contributed by atoms with Crippen molar-refractivity contribution >= 4 is 15.9 Å². The third-order valence-electron chi connectivity index (χ3n) is 3.58.